The molecule has 8 aromatic rings. The van der Waals surface area contributed by atoms with Gasteiger partial charge in [-0.1, -0.05) is 22.7 Å². The number of aromatic nitrogens is 2. The van der Waals surface area contributed by atoms with Gasteiger partial charge in [0.1, 0.15) is 10.0 Å². The summed E-state index contributed by atoms with van der Waals surface area (Å²) in [5.74, 6) is 0. The molecule has 0 aliphatic rings. The Hall–Kier alpha value is -2.20. The SMILES string of the molecule is Cc1sc2c(C)c3c(C)c(-c4nc5sc(-c6sc7c(C)c8c(C)c(C)sc8c(C)c7c6C)nc5s4)sc3c(C)c2c1C. The molecule has 212 valence electrons. The molecule has 0 radical (unpaired) electrons. The van der Waals surface area contributed by atoms with Crippen LogP contribution in [0.25, 0.3) is 69.8 Å². The number of thiophene rings is 4. The molecule has 0 bridgehead atoms. The molecule has 0 N–H and O–H groups in total. The zero-order valence-corrected chi connectivity index (χ0v) is 30.2. The van der Waals surface area contributed by atoms with E-state index in [9.17, 15) is 0 Å². The first-order valence-electron chi connectivity index (χ1n) is 14.1. The van der Waals surface area contributed by atoms with Crippen molar-refractivity contribution in [3.8, 4) is 19.8 Å². The van der Waals surface area contributed by atoms with E-state index in [1.807, 2.05) is 45.3 Å². The third-order valence-corrected chi connectivity index (χ3v) is 17.1. The Balaban J connectivity index is 1.27. The monoisotopic (exact) mass is 658 g/mol. The van der Waals surface area contributed by atoms with Crippen molar-refractivity contribution < 1.29 is 0 Å². The number of thiazole rings is 2. The molecule has 6 heterocycles. The summed E-state index contributed by atoms with van der Waals surface area (Å²) in [4.78, 5) is 18.0. The lowest BCUT2D eigenvalue weighted by molar-refractivity contribution is 1.45. The molecule has 42 heavy (non-hydrogen) atoms. The van der Waals surface area contributed by atoms with Crippen molar-refractivity contribution in [1.82, 2.24) is 9.97 Å². The molecule has 0 unspecified atom stereocenters. The van der Waals surface area contributed by atoms with Crippen LogP contribution in [0.2, 0.25) is 0 Å². The average Bonchev–Trinajstić information content (AvgIpc) is 3.76. The lowest BCUT2D eigenvalue weighted by Gasteiger charge is -2.06. The summed E-state index contributed by atoms with van der Waals surface area (Å²) < 4.78 is 5.72. The van der Waals surface area contributed by atoms with E-state index in [0.29, 0.717) is 0 Å². The van der Waals surface area contributed by atoms with Crippen LogP contribution in [-0.4, -0.2) is 9.97 Å². The van der Waals surface area contributed by atoms with Gasteiger partial charge >= 0.3 is 0 Å². The van der Waals surface area contributed by atoms with Gasteiger partial charge in [-0.15, -0.1) is 45.3 Å². The van der Waals surface area contributed by atoms with Gasteiger partial charge in [-0.25, -0.2) is 9.97 Å². The van der Waals surface area contributed by atoms with Gasteiger partial charge in [-0.05, 0) is 114 Å². The molecule has 6 aromatic heterocycles. The minimum Gasteiger partial charge on any atom is -0.222 e. The zero-order valence-electron chi connectivity index (χ0n) is 25.3. The van der Waals surface area contributed by atoms with E-state index in [0.717, 1.165) is 19.7 Å². The number of rotatable bonds is 2. The molecule has 2 aromatic carbocycles. The molecule has 2 nitrogen and oxygen atoms in total. The Bertz CT molecular complexity index is 2260. The van der Waals surface area contributed by atoms with Crippen LogP contribution in [0, 0.1) is 69.2 Å². The highest BCUT2D eigenvalue weighted by atomic mass is 32.1. The van der Waals surface area contributed by atoms with Crippen molar-refractivity contribution in [2.75, 3.05) is 0 Å². The van der Waals surface area contributed by atoms with Crippen LogP contribution in [0.15, 0.2) is 0 Å². The smallest absolute Gasteiger partial charge is 0.155 e. The molecule has 8 heteroatoms. The number of hydrogen-bond acceptors (Lipinski definition) is 8. The Morgan fingerprint density at radius 2 is 0.643 bits per heavy atom. The van der Waals surface area contributed by atoms with Crippen molar-refractivity contribution in [3.63, 3.8) is 0 Å². The van der Waals surface area contributed by atoms with Gasteiger partial charge in [-0.2, -0.15) is 0 Å². The molecular formula is C34H30N2S6. The van der Waals surface area contributed by atoms with Crippen LogP contribution in [0.4, 0.5) is 0 Å². The highest BCUT2D eigenvalue weighted by molar-refractivity contribution is 7.33. The minimum atomic E-state index is 1.06. The molecule has 0 amide bonds. The number of aryl methyl sites for hydroxylation is 10. The third kappa shape index (κ3) is 3.45. The van der Waals surface area contributed by atoms with Crippen LogP contribution in [0.3, 0.4) is 0 Å². The number of hydrogen-bond donors (Lipinski definition) is 0. The van der Waals surface area contributed by atoms with Crippen molar-refractivity contribution in [2.45, 2.75) is 69.2 Å². The number of benzene rings is 2. The summed E-state index contributed by atoms with van der Waals surface area (Å²) in [6.07, 6.45) is 0. The van der Waals surface area contributed by atoms with Crippen LogP contribution in [0.1, 0.15) is 54.3 Å². The molecule has 0 atom stereocenters. The zero-order chi connectivity index (χ0) is 29.5. The maximum Gasteiger partial charge on any atom is 0.155 e. The van der Waals surface area contributed by atoms with Gasteiger partial charge in [0.2, 0.25) is 0 Å². The van der Waals surface area contributed by atoms with Gasteiger partial charge in [0.25, 0.3) is 0 Å². The largest absolute Gasteiger partial charge is 0.222 e. The van der Waals surface area contributed by atoms with Gasteiger partial charge in [0, 0.05) is 50.1 Å². The summed E-state index contributed by atoms with van der Waals surface area (Å²) >= 11 is 11.2. The van der Waals surface area contributed by atoms with E-state index in [4.69, 9.17) is 9.97 Å². The molecule has 0 fully saturated rings. The van der Waals surface area contributed by atoms with E-state index in [1.165, 1.54) is 104 Å². The summed E-state index contributed by atoms with van der Waals surface area (Å²) in [6, 6.07) is 0. The van der Waals surface area contributed by atoms with Gasteiger partial charge < -0.3 is 0 Å². The lowest BCUT2D eigenvalue weighted by atomic mass is 9.98. The van der Waals surface area contributed by atoms with Gasteiger partial charge in [-0.3, -0.25) is 0 Å². The van der Waals surface area contributed by atoms with Crippen molar-refractivity contribution in [3.05, 3.63) is 54.3 Å². The van der Waals surface area contributed by atoms with Gasteiger partial charge in [0.05, 0.1) is 9.75 Å². The van der Waals surface area contributed by atoms with E-state index in [-0.39, 0.29) is 0 Å². The molecular weight excluding hydrogens is 629 g/mol. The lowest BCUT2D eigenvalue weighted by Crippen LogP contribution is -1.84. The van der Waals surface area contributed by atoms with Gasteiger partial charge in [0.15, 0.2) is 9.66 Å². The second kappa shape index (κ2) is 9.16. The van der Waals surface area contributed by atoms with E-state index >= 15 is 0 Å². The van der Waals surface area contributed by atoms with Crippen LogP contribution < -0.4 is 0 Å². The van der Waals surface area contributed by atoms with E-state index in [2.05, 4.69) is 69.2 Å². The molecule has 0 spiro atoms. The van der Waals surface area contributed by atoms with Crippen LogP contribution in [0.5, 0.6) is 0 Å². The number of fused-ring (bicyclic) bond motifs is 5. The fourth-order valence-corrected chi connectivity index (χ4v) is 14.3. The average molecular weight is 659 g/mol. The Labute approximate surface area is 269 Å². The topological polar surface area (TPSA) is 25.8 Å². The summed E-state index contributed by atoms with van der Waals surface area (Å²) in [6.45, 7) is 22.8. The van der Waals surface area contributed by atoms with Crippen molar-refractivity contribution in [2.24, 2.45) is 0 Å². The first-order valence-corrected chi connectivity index (χ1v) is 19.0. The Kier molecular flexibility index (Phi) is 5.97. The summed E-state index contributed by atoms with van der Waals surface area (Å²) in [7, 11) is 0. The maximum atomic E-state index is 5.20. The number of nitrogens with zero attached hydrogens (tertiary/aromatic N) is 2. The Morgan fingerprint density at radius 1 is 0.333 bits per heavy atom. The van der Waals surface area contributed by atoms with Crippen molar-refractivity contribution >= 4 is 118 Å². The molecule has 0 saturated carbocycles. The van der Waals surface area contributed by atoms with Crippen LogP contribution in [-0.2, 0) is 0 Å². The van der Waals surface area contributed by atoms with Crippen LogP contribution >= 0.6 is 68.0 Å². The Morgan fingerprint density at radius 3 is 1.00 bits per heavy atom. The highest BCUT2D eigenvalue weighted by Gasteiger charge is 2.25. The first kappa shape index (κ1) is 27.4. The summed E-state index contributed by atoms with van der Waals surface area (Å²) in [5, 5.41) is 7.97. The fraction of sp³-hybridized carbons (Fsp3) is 0.294. The molecule has 0 saturated heterocycles. The standard InChI is InChI=1S/C34H30N2S6/c1-11-19(9)37-25-15(5)23-17(7)29(39-27(23)13(3)21(11)25)31-35-33-34(41-31)36-32(42-33)30-18(8)24-16(6)26-22(12(2)20(10)38-26)14(4)28(24)40-30/h1-10H3. The molecule has 0 aliphatic carbocycles. The summed E-state index contributed by atoms with van der Waals surface area (Å²) in [5.41, 5.74) is 11.3. The van der Waals surface area contributed by atoms with E-state index < -0.39 is 0 Å². The quantitative estimate of drug-likeness (QED) is 0.185. The van der Waals surface area contributed by atoms with Crippen molar-refractivity contribution in [1.29, 1.82) is 0 Å². The second-order valence-electron chi connectivity index (χ2n) is 11.6. The first-order chi connectivity index (χ1) is 20.0. The minimum absolute atomic E-state index is 1.06. The van der Waals surface area contributed by atoms with E-state index in [1.54, 1.807) is 22.7 Å². The third-order valence-electron chi connectivity index (χ3n) is 9.29. The predicted octanol–water partition coefficient (Wildman–Crippen LogP) is 13.0. The second-order valence-corrected chi connectivity index (χ2v) is 18.1. The normalized spacial score (nSPS) is 12.5. The maximum absolute atomic E-state index is 5.20. The fourth-order valence-electron chi connectivity index (χ4n) is 6.84. The predicted molar refractivity (Wildman–Crippen MR) is 195 cm³/mol. The molecule has 8 rings (SSSR count). The molecule has 0 aliphatic heterocycles. The highest BCUT2D eigenvalue weighted by Crippen LogP contribution is 2.51.